The number of ketones is 2. The van der Waals surface area contributed by atoms with Crippen LogP contribution >= 0.6 is 0 Å². The van der Waals surface area contributed by atoms with E-state index in [1.807, 2.05) is 13.8 Å². The highest BCUT2D eigenvalue weighted by Gasteiger charge is 1.99. The zero-order valence-corrected chi connectivity index (χ0v) is 10.2. The smallest absolute Gasteiger partial charge is 0.132 e. The van der Waals surface area contributed by atoms with Gasteiger partial charge in [-0.1, -0.05) is 33.1 Å². The molecule has 0 radical (unpaired) electrons. The van der Waals surface area contributed by atoms with Gasteiger partial charge in [-0.15, -0.1) is 0 Å². The van der Waals surface area contributed by atoms with E-state index in [0.29, 0.717) is 24.4 Å². The van der Waals surface area contributed by atoms with Gasteiger partial charge in [-0.2, -0.15) is 0 Å². The summed E-state index contributed by atoms with van der Waals surface area (Å²) < 4.78 is 0. The second kappa shape index (κ2) is 9.88. The maximum absolute atomic E-state index is 11.0. The molecule has 15 heavy (non-hydrogen) atoms. The van der Waals surface area contributed by atoms with Crippen LogP contribution in [0.5, 0.6) is 0 Å². The van der Waals surface area contributed by atoms with Crippen molar-refractivity contribution in [3.05, 3.63) is 0 Å². The predicted octanol–water partition coefficient (Wildman–Crippen LogP) is 3.68. The molecule has 88 valence electrons. The molecule has 0 amide bonds. The lowest BCUT2D eigenvalue weighted by atomic mass is 10.1. The Morgan fingerprint density at radius 1 is 0.667 bits per heavy atom. The Bertz CT molecular complexity index is 165. The third kappa shape index (κ3) is 9.64. The first kappa shape index (κ1) is 14.3. The maximum Gasteiger partial charge on any atom is 0.132 e. The molecule has 0 aromatic carbocycles. The molecule has 0 aliphatic carbocycles. The van der Waals surface area contributed by atoms with Gasteiger partial charge in [-0.05, 0) is 12.8 Å². The predicted molar refractivity (Wildman–Crippen MR) is 62.9 cm³/mol. The summed E-state index contributed by atoms with van der Waals surface area (Å²) in [5.41, 5.74) is 0. The Hall–Kier alpha value is -0.660. The van der Waals surface area contributed by atoms with Crippen LogP contribution < -0.4 is 0 Å². The Balaban J connectivity index is 3.11. The number of rotatable bonds is 10. The minimum atomic E-state index is 0.371. The van der Waals surface area contributed by atoms with E-state index in [0.717, 1.165) is 44.9 Å². The molecule has 0 atom stereocenters. The van der Waals surface area contributed by atoms with Crippen LogP contribution in [0.2, 0.25) is 0 Å². The van der Waals surface area contributed by atoms with E-state index in [-0.39, 0.29) is 0 Å². The van der Waals surface area contributed by atoms with Gasteiger partial charge in [0.2, 0.25) is 0 Å². The van der Waals surface area contributed by atoms with E-state index >= 15 is 0 Å². The number of unbranched alkanes of at least 4 members (excludes halogenated alkanes) is 4. The van der Waals surface area contributed by atoms with Crippen LogP contribution in [-0.2, 0) is 9.59 Å². The van der Waals surface area contributed by atoms with Crippen molar-refractivity contribution in [3.8, 4) is 0 Å². The first-order chi connectivity index (χ1) is 7.20. The molecule has 0 saturated heterocycles. The van der Waals surface area contributed by atoms with Crippen LogP contribution in [0.3, 0.4) is 0 Å². The molecule has 0 aliphatic rings. The highest BCUT2D eigenvalue weighted by atomic mass is 16.1. The van der Waals surface area contributed by atoms with Gasteiger partial charge in [0.1, 0.15) is 11.6 Å². The van der Waals surface area contributed by atoms with Crippen LogP contribution in [0.25, 0.3) is 0 Å². The fourth-order valence-corrected chi connectivity index (χ4v) is 1.53. The van der Waals surface area contributed by atoms with Crippen LogP contribution in [0.1, 0.15) is 71.6 Å². The number of carbonyl (C=O) groups is 2. The molecule has 0 bridgehead atoms. The normalized spacial score (nSPS) is 10.3. The SMILES string of the molecule is CCC(=O)CCCCCCCC(=O)CC. The van der Waals surface area contributed by atoms with Gasteiger partial charge in [0.25, 0.3) is 0 Å². The molecule has 0 fully saturated rings. The first-order valence-electron chi connectivity index (χ1n) is 6.24. The molecule has 0 aromatic heterocycles. The van der Waals surface area contributed by atoms with Gasteiger partial charge in [-0.25, -0.2) is 0 Å². The van der Waals surface area contributed by atoms with Crippen molar-refractivity contribution in [2.75, 3.05) is 0 Å². The van der Waals surface area contributed by atoms with Gasteiger partial charge in [0, 0.05) is 25.7 Å². The molecular formula is C13H24O2. The number of hydrogen-bond donors (Lipinski definition) is 0. The molecule has 0 saturated carbocycles. The van der Waals surface area contributed by atoms with E-state index in [1.54, 1.807) is 0 Å². The maximum atomic E-state index is 11.0. The van der Waals surface area contributed by atoms with Gasteiger partial charge in [0.15, 0.2) is 0 Å². The van der Waals surface area contributed by atoms with Crippen molar-refractivity contribution in [3.63, 3.8) is 0 Å². The summed E-state index contributed by atoms with van der Waals surface area (Å²) in [5, 5.41) is 0. The Labute approximate surface area is 93.4 Å². The summed E-state index contributed by atoms with van der Waals surface area (Å²) in [6.45, 7) is 3.83. The third-order valence-corrected chi connectivity index (χ3v) is 2.70. The van der Waals surface area contributed by atoms with Gasteiger partial charge >= 0.3 is 0 Å². The van der Waals surface area contributed by atoms with Crippen molar-refractivity contribution in [1.29, 1.82) is 0 Å². The quantitative estimate of drug-likeness (QED) is 0.518. The van der Waals surface area contributed by atoms with Gasteiger partial charge in [-0.3, -0.25) is 9.59 Å². The molecule has 0 spiro atoms. The summed E-state index contributed by atoms with van der Waals surface area (Å²) in [5.74, 6) is 0.743. The van der Waals surface area contributed by atoms with Crippen molar-refractivity contribution < 1.29 is 9.59 Å². The molecule has 2 heteroatoms. The lowest BCUT2D eigenvalue weighted by molar-refractivity contribution is -0.119. The Kier molecular flexibility index (Phi) is 9.44. The second-order valence-electron chi connectivity index (χ2n) is 4.05. The largest absolute Gasteiger partial charge is 0.300 e. The van der Waals surface area contributed by atoms with Crippen LogP contribution in [0, 0.1) is 0 Å². The van der Waals surface area contributed by atoms with Gasteiger partial charge in [0.05, 0.1) is 0 Å². The van der Waals surface area contributed by atoms with E-state index in [9.17, 15) is 9.59 Å². The fraction of sp³-hybridized carbons (Fsp3) is 0.846. The van der Waals surface area contributed by atoms with Crippen LogP contribution in [-0.4, -0.2) is 11.6 Å². The highest BCUT2D eigenvalue weighted by molar-refractivity contribution is 5.78. The molecule has 0 heterocycles. The second-order valence-corrected chi connectivity index (χ2v) is 4.05. The number of carbonyl (C=O) groups excluding carboxylic acids is 2. The summed E-state index contributed by atoms with van der Waals surface area (Å²) in [4.78, 5) is 22.0. The van der Waals surface area contributed by atoms with Crippen molar-refractivity contribution in [1.82, 2.24) is 0 Å². The lowest BCUT2D eigenvalue weighted by Crippen LogP contribution is -1.95. The average molecular weight is 212 g/mol. The molecule has 0 N–H and O–H groups in total. The summed E-state index contributed by atoms with van der Waals surface area (Å²) in [6.07, 6.45) is 8.29. The average Bonchev–Trinajstić information content (AvgIpc) is 2.26. The zero-order valence-electron chi connectivity index (χ0n) is 10.2. The minimum Gasteiger partial charge on any atom is -0.300 e. The molecule has 2 nitrogen and oxygen atoms in total. The number of Topliss-reactive ketones (excluding diaryl/α,β-unsaturated/α-hetero) is 2. The van der Waals surface area contributed by atoms with Crippen LogP contribution in [0.15, 0.2) is 0 Å². The molecular weight excluding hydrogens is 188 g/mol. The monoisotopic (exact) mass is 212 g/mol. The fourth-order valence-electron chi connectivity index (χ4n) is 1.53. The van der Waals surface area contributed by atoms with E-state index in [4.69, 9.17) is 0 Å². The molecule has 0 unspecified atom stereocenters. The summed E-state index contributed by atoms with van der Waals surface area (Å²) in [6, 6.07) is 0. The zero-order chi connectivity index (χ0) is 11.5. The highest BCUT2D eigenvalue weighted by Crippen LogP contribution is 2.08. The van der Waals surface area contributed by atoms with Crippen molar-refractivity contribution in [2.24, 2.45) is 0 Å². The number of hydrogen-bond acceptors (Lipinski definition) is 2. The summed E-state index contributed by atoms with van der Waals surface area (Å²) in [7, 11) is 0. The van der Waals surface area contributed by atoms with Gasteiger partial charge < -0.3 is 0 Å². The molecule has 0 rings (SSSR count). The summed E-state index contributed by atoms with van der Waals surface area (Å²) >= 11 is 0. The van der Waals surface area contributed by atoms with Crippen LogP contribution in [0.4, 0.5) is 0 Å². The van der Waals surface area contributed by atoms with E-state index in [1.165, 1.54) is 0 Å². The first-order valence-corrected chi connectivity index (χ1v) is 6.24. The topological polar surface area (TPSA) is 34.1 Å². The minimum absolute atomic E-state index is 0.371. The standard InChI is InChI=1S/C13H24O2/c1-3-12(14)10-8-6-5-7-9-11-13(15)4-2/h3-11H2,1-2H3. The van der Waals surface area contributed by atoms with Crippen molar-refractivity contribution in [2.45, 2.75) is 71.6 Å². The Morgan fingerprint density at radius 3 is 1.33 bits per heavy atom. The molecule has 0 aliphatic heterocycles. The molecule has 0 aromatic rings. The lowest BCUT2D eigenvalue weighted by Gasteiger charge is -2.00. The Morgan fingerprint density at radius 2 is 1.00 bits per heavy atom. The van der Waals surface area contributed by atoms with Crippen molar-refractivity contribution >= 4 is 11.6 Å². The third-order valence-electron chi connectivity index (χ3n) is 2.70. The van der Waals surface area contributed by atoms with E-state index in [2.05, 4.69) is 0 Å². The van der Waals surface area contributed by atoms with E-state index < -0.39 is 0 Å².